The number of benzene rings is 1. The molecule has 0 saturated carbocycles. The van der Waals surface area contributed by atoms with Gasteiger partial charge in [0.15, 0.2) is 0 Å². The number of rotatable bonds is 8. The minimum atomic E-state index is -4.07. The van der Waals surface area contributed by atoms with E-state index in [1.54, 1.807) is 12.1 Å². The first-order chi connectivity index (χ1) is 11.9. The summed E-state index contributed by atoms with van der Waals surface area (Å²) in [6.07, 6.45) is 0.486. The molecule has 1 unspecified atom stereocenters. The second-order valence-electron chi connectivity index (χ2n) is 6.52. The van der Waals surface area contributed by atoms with Crippen molar-refractivity contribution in [2.24, 2.45) is 5.92 Å². The lowest BCUT2D eigenvalue weighted by Crippen LogP contribution is -2.42. The van der Waals surface area contributed by atoms with Crippen molar-refractivity contribution in [1.29, 1.82) is 0 Å². The number of unbranched alkanes of at least 4 members (excludes halogenated alkanes) is 3. The van der Waals surface area contributed by atoms with E-state index in [-0.39, 0.29) is 18.8 Å². The fourth-order valence-electron chi connectivity index (χ4n) is 3.07. The molecule has 0 spiro atoms. The lowest BCUT2D eigenvalue weighted by molar-refractivity contribution is -0.186. The van der Waals surface area contributed by atoms with Gasteiger partial charge in [0.1, 0.15) is 11.6 Å². The van der Waals surface area contributed by atoms with Gasteiger partial charge in [0.05, 0.1) is 17.0 Å². The molecule has 1 aliphatic rings. The van der Waals surface area contributed by atoms with E-state index >= 15 is 0 Å². The molecule has 2 nitrogen and oxygen atoms in total. The monoisotopic (exact) mass is 425 g/mol. The minimum absolute atomic E-state index is 0.141. The van der Waals surface area contributed by atoms with Crippen LogP contribution in [0.5, 0.6) is 5.75 Å². The Kier molecular flexibility index (Phi) is 8.00. The Labute approximate surface area is 154 Å². The maximum absolute atomic E-state index is 13.3. The van der Waals surface area contributed by atoms with Crippen molar-refractivity contribution in [2.45, 2.75) is 44.7 Å². The third-order valence-electron chi connectivity index (χ3n) is 4.50. The van der Waals surface area contributed by atoms with Crippen molar-refractivity contribution < 1.29 is 22.3 Å². The molecule has 1 aliphatic heterocycles. The average Bonchev–Trinajstić information content (AvgIpc) is 2.56. The summed E-state index contributed by atoms with van der Waals surface area (Å²) in [5.74, 6) is -1.01. The molecule has 1 aromatic carbocycles. The zero-order valence-electron chi connectivity index (χ0n) is 14.1. The Balaban J connectivity index is 1.54. The maximum atomic E-state index is 13.3. The zero-order valence-corrected chi connectivity index (χ0v) is 15.7. The molecule has 7 heteroatoms. The van der Waals surface area contributed by atoms with Crippen molar-refractivity contribution >= 4 is 15.9 Å². The number of alkyl halides is 3. The molecule has 1 fully saturated rings. The SMILES string of the molecule is Fc1cc(OCCCCCCN2CCCC(C(F)(F)F)C2)ccc1Br. The molecule has 0 bridgehead atoms. The van der Waals surface area contributed by atoms with Crippen LogP contribution in [-0.2, 0) is 0 Å². The van der Waals surface area contributed by atoms with E-state index in [9.17, 15) is 17.6 Å². The normalized spacial score (nSPS) is 19.2. The van der Waals surface area contributed by atoms with Crippen LogP contribution >= 0.6 is 15.9 Å². The van der Waals surface area contributed by atoms with E-state index in [2.05, 4.69) is 15.9 Å². The van der Waals surface area contributed by atoms with E-state index < -0.39 is 12.1 Å². The molecule has 1 aromatic rings. The van der Waals surface area contributed by atoms with Crippen molar-refractivity contribution in [1.82, 2.24) is 4.90 Å². The third kappa shape index (κ3) is 7.13. The van der Waals surface area contributed by atoms with E-state index in [0.717, 1.165) is 38.8 Å². The third-order valence-corrected chi connectivity index (χ3v) is 5.14. The van der Waals surface area contributed by atoms with Crippen LogP contribution in [0.2, 0.25) is 0 Å². The molecule has 0 N–H and O–H groups in total. The second kappa shape index (κ2) is 9.76. The summed E-state index contributed by atoms with van der Waals surface area (Å²) in [5, 5.41) is 0. The second-order valence-corrected chi connectivity index (χ2v) is 7.37. The highest BCUT2D eigenvalue weighted by atomic mass is 79.9. The number of ether oxygens (including phenoxy) is 1. The molecule has 1 atom stereocenters. The van der Waals surface area contributed by atoms with Gasteiger partial charge in [0.2, 0.25) is 0 Å². The van der Waals surface area contributed by atoms with Crippen molar-refractivity contribution in [2.75, 3.05) is 26.2 Å². The fraction of sp³-hybridized carbons (Fsp3) is 0.667. The van der Waals surface area contributed by atoms with Crippen LogP contribution in [-0.4, -0.2) is 37.3 Å². The summed E-state index contributed by atoms with van der Waals surface area (Å²) in [6, 6.07) is 4.66. The molecule has 1 heterocycles. The van der Waals surface area contributed by atoms with E-state index in [1.807, 2.05) is 4.90 Å². The van der Waals surface area contributed by atoms with Crippen LogP contribution in [0.1, 0.15) is 38.5 Å². The van der Waals surface area contributed by atoms with Gasteiger partial charge in [0, 0.05) is 12.6 Å². The lowest BCUT2D eigenvalue weighted by atomic mass is 9.97. The predicted octanol–water partition coefficient (Wildman–Crippen LogP) is 5.80. The van der Waals surface area contributed by atoms with Gasteiger partial charge in [-0.2, -0.15) is 13.2 Å². The quantitative estimate of drug-likeness (QED) is 0.385. The van der Waals surface area contributed by atoms with Crippen LogP contribution < -0.4 is 4.74 Å². The van der Waals surface area contributed by atoms with Gasteiger partial charge in [-0.1, -0.05) is 12.8 Å². The van der Waals surface area contributed by atoms with E-state index in [4.69, 9.17) is 4.74 Å². The molecule has 0 aromatic heterocycles. The van der Waals surface area contributed by atoms with Gasteiger partial charge >= 0.3 is 6.18 Å². The first kappa shape index (κ1) is 20.5. The Bertz CT molecular complexity index is 538. The maximum Gasteiger partial charge on any atom is 0.393 e. The first-order valence-corrected chi connectivity index (χ1v) is 9.52. The number of hydrogen-bond acceptors (Lipinski definition) is 2. The molecule has 2 rings (SSSR count). The fourth-order valence-corrected chi connectivity index (χ4v) is 3.32. The van der Waals surface area contributed by atoms with Crippen LogP contribution in [0.15, 0.2) is 22.7 Å². The first-order valence-electron chi connectivity index (χ1n) is 8.73. The van der Waals surface area contributed by atoms with Gasteiger partial charge in [-0.05, 0) is 66.8 Å². The minimum Gasteiger partial charge on any atom is -0.493 e. The van der Waals surface area contributed by atoms with Crippen molar-refractivity contribution in [3.63, 3.8) is 0 Å². The van der Waals surface area contributed by atoms with Crippen LogP contribution in [0.25, 0.3) is 0 Å². The Morgan fingerprint density at radius 2 is 1.92 bits per heavy atom. The van der Waals surface area contributed by atoms with Gasteiger partial charge in [-0.3, -0.25) is 0 Å². The summed E-state index contributed by atoms with van der Waals surface area (Å²) in [5.41, 5.74) is 0. The highest BCUT2D eigenvalue weighted by Gasteiger charge is 2.41. The van der Waals surface area contributed by atoms with E-state index in [0.29, 0.717) is 23.2 Å². The molecule has 0 amide bonds. The summed E-state index contributed by atoms with van der Waals surface area (Å²) >= 11 is 3.09. The van der Waals surface area contributed by atoms with Gasteiger partial charge in [-0.25, -0.2) is 4.39 Å². The standard InChI is InChI=1S/C18H24BrF4NO/c19-16-8-7-15(12-17(16)20)25-11-4-2-1-3-9-24-10-5-6-14(13-24)18(21,22)23/h7-8,12,14H,1-6,9-11,13H2. The molecular weight excluding hydrogens is 402 g/mol. The summed E-state index contributed by atoms with van der Waals surface area (Å²) < 4.78 is 57.5. The largest absolute Gasteiger partial charge is 0.493 e. The molecule has 0 aliphatic carbocycles. The Morgan fingerprint density at radius 3 is 2.64 bits per heavy atom. The summed E-state index contributed by atoms with van der Waals surface area (Å²) in [4.78, 5) is 1.93. The number of halogens is 5. The summed E-state index contributed by atoms with van der Waals surface area (Å²) in [6.45, 7) is 2.15. The smallest absolute Gasteiger partial charge is 0.393 e. The molecule has 1 saturated heterocycles. The van der Waals surface area contributed by atoms with Gasteiger partial charge < -0.3 is 9.64 Å². The number of likely N-dealkylation sites (tertiary alicyclic amines) is 1. The Hall–Kier alpha value is -0.820. The predicted molar refractivity (Wildman–Crippen MR) is 93.3 cm³/mol. The lowest BCUT2D eigenvalue weighted by Gasteiger charge is -2.33. The van der Waals surface area contributed by atoms with Crippen molar-refractivity contribution in [3.05, 3.63) is 28.5 Å². The zero-order chi connectivity index (χ0) is 18.3. The number of piperidine rings is 1. The van der Waals surface area contributed by atoms with Crippen LogP contribution in [0.4, 0.5) is 17.6 Å². The highest BCUT2D eigenvalue weighted by molar-refractivity contribution is 9.10. The highest BCUT2D eigenvalue weighted by Crippen LogP contribution is 2.33. The molecule has 25 heavy (non-hydrogen) atoms. The van der Waals surface area contributed by atoms with Crippen LogP contribution in [0, 0.1) is 11.7 Å². The molecule has 0 radical (unpaired) electrons. The van der Waals surface area contributed by atoms with Crippen molar-refractivity contribution in [3.8, 4) is 5.75 Å². The number of nitrogens with zero attached hydrogens (tertiary/aromatic N) is 1. The van der Waals surface area contributed by atoms with Crippen LogP contribution in [0.3, 0.4) is 0 Å². The van der Waals surface area contributed by atoms with Gasteiger partial charge in [0.25, 0.3) is 0 Å². The average molecular weight is 426 g/mol. The topological polar surface area (TPSA) is 12.5 Å². The number of hydrogen-bond donors (Lipinski definition) is 0. The summed E-state index contributed by atoms with van der Waals surface area (Å²) in [7, 11) is 0. The Morgan fingerprint density at radius 1 is 1.16 bits per heavy atom. The molecular formula is C18H24BrF4NO. The van der Waals surface area contributed by atoms with E-state index in [1.165, 1.54) is 6.07 Å². The molecule has 142 valence electrons. The van der Waals surface area contributed by atoms with Gasteiger partial charge in [-0.15, -0.1) is 0 Å².